The van der Waals surface area contributed by atoms with Crippen LogP contribution < -0.4 is 0 Å². The number of carbonyl (C=O) groups is 1. The first-order valence-electron chi connectivity index (χ1n) is 8.69. The molecule has 1 unspecified atom stereocenters. The molecule has 7 heteroatoms. The third kappa shape index (κ3) is 4.89. The predicted molar refractivity (Wildman–Crippen MR) is 97.5 cm³/mol. The molecule has 1 saturated heterocycles. The Balaban J connectivity index is 1.57. The lowest BCUT2D eigenvalue weighted by atomic mass is 10.00. The Bertz CT molecular complexity index is 842. The van der Waals surface area contributed by atoms with Crippen LogP contribution in [0.1, 0.15) is 12.0 Å². The van der Waals surface area contributed by atoms with Gasteiger partial charge in [0.05, 0.1) is 12.1 Å². The Hall–Kier alpha value is -2.80. The van der Waals surface area contributed by atoms with Gasteiger partial charge in [0.15, 0.2) is 0 Å². The third-order valence-electron chi connectivity index (χ3n) is 4.57. The van der Waals surface area contributed by atoms with E-state index < -0.39 is 17.6 Å². The minimum atomic E-state index is -0.763. The molecular weight excluding hydrogens is 354 g/mol. The van der Waals surface area contributed by atoms with Crippen LogP contribution in [-0.4, -0.2) is 48.4 Å². The Labute approximate surface area is 155 Å². The minimum absolute atomic E-state index is 0.287. The Kier molecular flexibility index (Phi) is 6.13. The van der Waals surface area contributed by atoms with E-state index in [1.165, 1.54) is 18.3 Å². The summed E-state index contributed by atoms with van der Waals surface area (Å²) in [7, 11) is 0. The highest BCUT2D eigenvalue weighted by Gasteiger charge is 2.27. The molecule has 0 radical (unpaired) electrons. The number of carboxylic acids is 1. The van der Waals surface area contributed by atoms with Gasteiger partial charge in [-0.15, -0.1) is 0 Å². The van der Waals surface area contributed by atoms with E-state index in [9.17, 15) is 13.6 Å². The number of likely N-dealkylation sites (tertiary alicyclic amines) is 1. The van der Waals surface area contributed by atoms with Crippen molar-refractivity contribution in [2.75, 3.05) is 26.2 Å². The molecule has 0 saturated carbocycles. The summed E-state index contributed by atoms with van der Waals surface area (Å²) in [6.07, 6.45) is 2.14. The summed E-state index contributed by atoms with van der Waals surface area (Å²) in [5, 5.41) is 12.9. The second kappa shape index (κ2) is 8.73. The molecule has 0 bridgehead atoms. The molecular formula is C20H20F2N2O3. The van der Waals surface area contributed by atoms with Gasteiger partial charge >= 0.3 is 5.97 Å². The van der Waals surface area contributed by atoms with Gasteiger partial charge in [-0.05, 0) is 30.7 Å². The zero-order chi connectivity index (χ0) is 19.2. The number of rotatable bonds is 7. The summed E-state index contributed by atoms with van der Waals surface area (Å²) >= 11 is 0. The quantitative estimate of drug-likeness (QED) is 0.458. The van der Waals surface area contributed by atoms with Crippen molar-refractivity contribution in [1.82, 2.24) is 4.90 Å². The van der Waals surface area contributed by atoms with E-state index in [1.807, 2.05) is 4.90 Å². The number of aliphatic carboxylic acids is 1. The fourth-order valence-corrected chi connectivity index (χ4v) is 3.12. The van der Waals surface area contributed by atoms with Crippen LogP contribution in [0.15, 0.2) is 47.6 Å². The highest BCUT2D eigenvalue weighted by Crippen LogP contribution is 2.26. The second-order valence-corrected chi connectivity index (χ2v) is 6.40. The average Bonchev–Trinajstić information content (AvgIpc) is 3.11. The maximum atomic E-state index is 14.1. The molecule has 1 heterocycles. The summed E-state index contributed by atoms with van der Waals surface area (Å²) in [6.45, 7) is 2.18. The molecule has 27 heavy (non-hydrogen) atoms. The number of oxime groups is 1. The maximum Gasteiger partial charge on any atom is 0.307 e. The van der Waals surface area contributed by atoms with Gasteiger partial charge < -0.3 is 9.94 Å². The van der Waals surface area contributed by atoms with E-state index in [0.717, 1.165) is 12.6 Å². The van der Waals surface area contributed by atoms with Crippen LogP contribution in [0.4, 0.5) is 8.78 Å². The standard InChI is InChI=1S/C20H20F2N2O3/c21-16-5-6-18(19(22)11-16)17-4-2-1-3-14(17)12-23-27-10-9-24-8-7-15(13-24)20(25)26/h1-6,11-12,15H,7-10,13H2,(H,25,26)/b23-12+. The lowest BCUT2D eigenvalue weighted by Gasteiger charge is -2.13. The zero-order valence-electron chi connectivity index (χ0n) is 14.6. The van der Waals surface area contributed by atoms with Gasteiger partial charge in [-0.25, -0.2) is 8.78 Å². The van der Waals surface area contributed by atoms with E-state index in [-0.39, 0.29) is 11.5 Å². The first-order chi connectivity index (χ1) is 13.0. The number of nitrogens with zero attached hydrogens (tertiary/aromatic N) is 2. The Morgan fingerprint density at radius 1 is 1.26 bits per heavy atom. The fraction of sp³-hybridized carbons (Fsp3) is 0.300. The van der Waals surface area contributed by atoms with Gasteiger partial charge in [0.25, 0.3) is 0 Å². The van der Waals surface area contributed by atoms with Crippen molar-refractivity contribution in [3.8, 4) is 11.1 Å². The minimum Gasteiger partial charge on any atom is -0.481 e. The van der Waals surface area contributed by atoms with E-state index >= 15 is 0 Å². The summed E-state index contributed by atoms with van der Waals surface area (Å²) in [5.41, 5.74) is 1.52. The number of hydrogen-bond donors (Lipinski definition) is 1. The number of halogens is 2. The van der Waals surface area contributed by atoms with Crippen LogP contribution in [0.2, 0.25) is 0 Å². The number of hydrogen-bond acceptors (Lipinski definition) is 4. The SMILES string of the molecule is O=C(O)C1CCN(CCO/N=C/c2ccccc2-c2ccc(F)cc2F)C1. The van der Waals surface area contributed by atoms with Crippen molar-refractivity contribution < 1.29 is 23.5 Å². The molecule has 1 aliphatic rings. The molecule has 1 aliphatic heterocycles. The van der Waals surface area contributed by atoms with Crippen LogP contribution in [0.5, 0.6) is 0 Å². The van der Waals surface area contributed by atoms with Crippen LogP contribution >= 0.6 is 0 Å². The highest BCUT2D eigenvalue weighted by molar-refractivity contribution is 5.90. The van der Waals surface area contributed by atoms with Crippen LogP contribution in [0.3, 0.4) is 0 Å². The van der Waals surface area contributed by atoms with E-state index in [2.05, 4.69) is 5.16 Å². The molecule has 0 spiro atoms. The molecule has 0 aromatic heterocycles. The average molecular weight is 374 g/mol. The molecule has 3 rings (SSSR count). The fourth-order valence-electron chi connectivity index (χ4n) is 3.12. The second-order valence-electron chi connectivity index (χ2n) is 6.40. The van der Waals surface area contributed by atoms with Crippen molar-refractivity contribution >= 4 is 12.2 Å². The normalized spacial score (nSPS) is 17.5. The maximum absolute atomic E-state index is 14.1. The molecule has 0 amide bonds. The first-order valence-corrected chi connectivity index (χ1v) is 8.69. The molecule has 1 atom stereocenters. The van der Waals surface area contributed by atoms with Gasteiger partial charge in [0.1, 0.15) is 18.2 Å². The van der Waals surface area contributed by atoms with E-state index in [1.54, 1.807) is 24.3 Å². The molecule has 142 valence electrons. The van der Waals surface area contributed by atoms with Crippen molar-refractivity contribution in [2.45, 2.75) is 6.42 Å². The monoisotopic (exact) mass is 374 g/mol. The largest absolute Gasteiger partial charge is 0.481 e. The lowest BCUT2D eigenvalue weighted by molar-refractivity contribution is -0.141. The van der Waals surface area contributed by atoms with Crippen molar-refractivity contribution in [3.63, 3.8) is 0 Å². The topological polar surface area (TPSA) is 62.1 Å². The van der Waals surface area contributed by atoms with Gasteiger partial charge in [-0.3, -0.25) is 9.69 Å². The van der Waals surface area contributed by atoms with Crippen molar-refractivity contribution in [3.05, 3.63) is 59.7 Å². The molecule has 2 aromatic rings. The van der Waals surface area contributed by atoms with Crippen LogP contribution in [0, 0.1) is 17.6 Å². The van der Waals surface area contributed by atoms with Crippen molar-refractivity contribution in [2.24, 2.45) is 11.1 Å². The van der Waals surface area contributed by atoms with Gasteiger partial charge in [0, 0.05) is 30.3 Å². The number of carboxylic acid groups (broad SMARTS) is 1. The Morgan fingerprint density at radius 3 is 2.81 bits per heavy atom. The Morgan fingerprint density at radius 2 is 2.07 bits per heavy atom. The smallest absolute Gasteiger partial charge is 0.307 e. The third-order valence-corrected chi connectivity index (χ3v) is 4.57. The highest BCUT2D eigenvalue weighted by atomic mass is 19.1. The van der Waals surface area contributed by atoms with Gasteiger partial charge in [-0.1, -0.05) is 29.4 Å². The van der Waals surface area contributed by atoms with Crippen LogP contribution in [-0.2, 0) is 9.63 Å². The lowest BCUT2D eigenvalue weighted by Crippen LogP contribution is -2.26. The van der Waals surface area contributed by atoms with Crippen LogP contribution in [0.25, 0.3) is 11.1 Å². The van der Waals surface area contributed by atoms with Gasteiger partial charge in [0.2, 0.25) is 0 Å². The molecule has 0 aliphatic carbocycles. The molecule has 1 fully saturated rings. The molecule has 1 N–H and O–H groups in total. The summed E-state index contributed by atoms with van der Waals surface area (Å²) in [5.74, 6) is -2.34. The summed E-state index contributed by atoms with van der Waals surface area (Å²) in [6, 6.07) is 10.5. The van der Waals surface area contributed by atoms with Gasteiger partial charge in [-0.2, -0.15) is 0 Å². The molecule has 2 aromatic carbocycles. The summed E-state index contributed by atoms with van der Waals surface area (Å²) in [4.78, 5) is 18.2. The molecule has 5 nitrogen and oxygen atoms in total. The number of benzene rings is 2. The zero-order valence-corrected chi connectivity index (χ0v) is 14.6. The first kappa shape index (κ1) is 19.0. The van der Waals surface area contributed by atoms with E-state index in [0.29, 0.717) is 37.2 Å². The van der Waals surface area contributed by atoms with E-state index in [4.69, 9.17) is 9.94 Å². The summed E-state index contributed by atoms with van der Waals surface area (Å²) < 4.78 is 27.2. The van der Waals surface area contributed by atoms with Crippen molar-refractivity contribution in [1.29, 1.82) is 0 Å². The predicted octanol–water partition coefficient (Wildman–Crippen LogP) is 3.39.